The topological polar surface area (TPSA) is 236 Å². The average molecular weight is 980 g/mol. The zero-order valence-corrected chi connectivity index (χ0v) is 38.5. The number of aromatic nitrogens is 12. The van der Waals surface area contributed by atoms with Gasteiger partial charge in [-0.05, 0) is 0 Å². The molecule has 0 radical (unpaired) electrons. The summed E-state index contributed by atoms with van der Waals surface area (Å²) in [6, 6.07) is 37.1. The average Bonchev–Trinajstić information content (AvgIpc) is 4.24. The second kappa shape index (κ2) is 34.6. The number of nitrogens with zero attached hydrogens (tertiary/aromatic N) is 14. The molecule has 0 aliphatic rings. The smallest absolute Gasteiger partial charge is 0.753 e. The predicted molar refractivity (Wildman–Crippen MR) is 254 cm³/mol. The number of ketones is 4. The maximum absolute atomic E-state index is 11.7. The number of aryl methyl sites for hydroxylation is 4. The number of rotatable bonds is 16. The van der Waals surface area contributed by atoms with Crippen LogP contribution in [0, 0.1) is 0 Å². The number of isothiocyanates is 2. The van der Waals surface area contributed by atoms with Crippen molar-refractivity contribution in [2.75, 3.05) is 0 Å². The first kappa shape index (κ1) is 55.3. The number of hydrogen-bond donors (Lipinski definition) is 0. The molecule has 4 aromatic carbocycles. The molecule has 0 saturated carbocycles. The molecule has 0 aliphatic heterocycles. The number of Topliss-reactive ketones (excluding diaryl/α,β-unsaturated/α-hetero) is 4. The zero-order valence-electron chi connectivity index (χ0n) is 35.8. The van der Waals surface area contributed by atoms with Crippen LogP contribution in [0.15, 0.2) is 172 Å². The van der Waals surface area contributed by atoms with Crippen LogP contribution < -0.4 is 0 Å². The molecule has 21 heteroatoms. The third-order valence-electron chi connectivity index (χ3n) is 8.52. The second-order valence-electron chi connectivity index (χ2n) is 13.0. The summed E-state index contributed by atoms with van der Waals surface area (Å²) in [6.45, 7) is 2.31. The van der Waals surface area contributed by atoms with Crippen molar-refractivity contribution >= 4 is 57.9 Å². The van der Waals surface area contributed by atoms with E-state index < -0.39 is 0 Å². The molecule has 0 atom stereocenters. The summed E-state index contributed by atoms with van der Waals surface area (Å²) in [7, 11) is 0. The molecule has 0 fully saturated rings. The van der Waals surface area contributed by atoms with Gasteiger partial charge in [0.1, 0.15) is 50.6 Å². The minimum atomic E-state index is 0. The zero-order chi connectivity index (χ0) is 47.5. The van der Waals surface area contributed by atoms with Gasteiger partial charge in [-0.25, -0.2) is 19.9 Å². The van der Waals surface area contributed by atoms with Crippen molar-refractivity contribution in [3.8, 4) is 0 Å². The van der Waals surface area contributed by atoms with Crippen molar-refractivity contribution in [3.05, 3.63) is 205 Å². The van der Waals surface area contributed by atoms with E-state index in [0.29, 0.717) is 51.9 Å². The third kappa shape index (κ3) is 23.6. The van der Waals surface area contributed by atoms with Crippen LogP contribution >= 0.6 is 24.4 Å². The molecule has 0 aliphatic carbocycles. The summed E-state index contributed by atoms with van der Waals surface area (Å²) in [5, 5.41) is 32.7. The molecule has 344 valence electrons. The molecular formula is C46H44N14NiO4S2. The fourth-order valence-corrected chi connectivity index (χ4v) is 5.33. The maximum Gasteiger partial charge on any atom is 2.00 e. The molecule has 0 saturated heterocycles. The van der Waals surface area contributed by atoms with Crippen molar-refractivity contribution in [2.45, 2.75) is 51.9 Å². The Balaban J connectivity index is 0.000000293. The van der Waals surface area contributed by atoms with Gasteiger partial charge in [0.2, 0.25) is 0 Å². The molecule has 0 N–H and O–H groups in total. The van der Waals surface area contributed by atoms with Gasteiger partial charge in [0.05, 0.1) is 0 Å². The van der Waals surface area contributed by atoms with Crippen LogP contribution in [0.25, 0.3) is 10.8 Å². The van der Waals surface area contributed by atoms with Gasteiger partial charge in [-0.2, -0.15) is 30.7 Å². The summed E-state index contributed by atoms with van der Waals surface area (Å²) in [5.74, 6) is 0.523. The summed E-state index contributed by atoms with van der Waals surface area (Å²) in [5.41, 5.74) is 2.99. The Morgan fingerprint density at radius 3 is 0.716 bits per heavy atom. The first-order valence-corrected chi connectivity index (χ1v) is 20.7. The Hall–Kier alpha value is -7.79. The van der Waals surface area contributed by atoms with Gasteiger partial charge >= 0.3 is 16.5 Å². The van der Waals surface area contributed by atoms with E-state index >= 15 is 0 Å². The summed E-state index contributed by atoms with van der Waals surface area (Å²) in [6.07, 6.45) is 14.1. The van der Waals surface area contributed by atoms with Gasteiger partial charge in [0, 0.05) is 74.1 Å². The molecule has 0 amide bonds. The number of carbonyl (C=O) groups excluding carboxylic acids is 4. The predicted octanol–water partition coefficient (Wildman–Crippen LogP) is 7.52. The SMILES string of the molecule is O=C(CCn1cncn1)c1ccccc1.O=C(CCn1cncn1)c1ccccc1.O=C(CCn1cncn1)c1ccccc1.O=C(CCn1cncn1)c1ccccc1.[N-]=C=S.[N-]=C=S.[Ni+2]. The summed E-state index contributed by atoms with van der Waals surface area (Å²) >= 11 is 7.40. The fraction of sp³-hybridized carbons (Fsp3) is 0.174. The van der Waals surface area contributed by atoms with E-state index in [1.807, 2.05) is 121 Å². The number of carbonyl (C=O) groups is 4. The number of benzene rings is 4. The molecule has 0 spiro atoms. The Morgan fingerprint density at radius 1 is 0.388 bits per heavy atom. The molecule has 8 rings (SSSR count). The quantitative estimate of drug-likeness (QED) is 0.0394. The van der Waals surface area contributed by atoms with E-state index in [9.17, 15) is 19.2 Å². The third-order valence-corrected chi connectivity index (χ3v) is 8.52. The molecule has 18 nitrogen and oxygen atoms in total. The van der Waals surface area contributed by atoms with Gasteiger partial charge in [0.15, 0.2) is 23.1 Å². The van der Waals surface area contributed by atoms with Crippen molar-refractivity contribution < 1.29 is 35.7 Å². The van der Waals surface area contributed by atoms with E-state index in [4.69, 9.17) is 10.8 Å². The fourth-order valence-electron chi connectivity index (χ4n) is 5.33. The van der Waals surface area contributed by atoms with E-state index in [2.05, 4.69) is 64.8 Å². The molecule has 67 heavy (non-hydrogen) atoms. The van der Waals surface area contributed by atoms with Crippen molar-refractivity contribution in [1.29, 1.82) is 0 Å². The first-order chi connectivity index (χ1) is 32.3. The molecule has 8 aromatic rings. The number of hydrogen-bond acceptors (Lipinski definition) is 14. The van der Waals surface area contributed by atoms with Gasteiger partial charge in [-0.15, -0.1) is 0 Å². The Labute approximate surface area is 407 Å². The minimum Gasteiger partial charge on any atom is -0.753 e. The molecular weight excluding hydrogens is 935 g/mol. The van der Waals surface area contributed by atoms with Crippen LogP contribution in [0.2, 0.25) is 0 Å². The van der Waals surface area contributed by atoms with Crippen LogP contribution in [-0.4, -0.2) is 92.5 Å². The Kier molecular flexibility index (Phi) is 28.6. The molecule has 0 bridgehead atoms. The van der Waals surface area contributed by atoms with E-state index in [-0.39, 0.29) is 39.6 Å². The van der Waals surface area contributed by atoms with Gasteiger partial charge in [0.25, 0.3) is 0 Å². The molecule has 4 aromatic heterocycles. The second-order valence-corrected chi connectivity index (χ2v) is 13.3. The summed E-state index contributed by atoms with van der Waals surface area (Å²) in [4.78, 5) is 62.0. The van der Waals surface area contributed by atoms with Crippen molar-refractivity contribution in [1.82, 2.24) is 59.1 Å². The first-order valence-electron chi connectivity index (χ1n) is 19.9. The van der Waals surface area contributed by atoms with Crippen LogP contribution in [-0.2, 0) is 42.7 Å². The van der Waals surface area contributed by atoms with E-state index in [1.54, 1.807) is 44.0 Å². The molecule has 0 unspecified atom stereocenters. The minimum absolute atomic E-state index is 0. The Bertz CT molecular complexity index is 2240. The van der Waals surface area contributed by atoms with Crippen LogP contribution in [0.5, 0.6) is 0 Å². The number of thiocarbonyl (C=S) groups is 2. The van der Waals surface area contributed by atoms with Gasteiger partial charge < -0.3 is 10.8 Å². The van der Waals surface area contributed by atoms with E-state index in [1.165, 1.54) is 35.6 Å². The normalized spacial score (nSPS) is 9.31. The monoisotopic (exact) mass is 978 g/mol. The summed E-state index contributed by atoms with van der Waals surface area (Å²) < 4.78 is 6.61. The van der Waals surface area contributed by atoms with Crippen LogP contribution in [0.1, 0.15) is 67.1 Å². The van der Waals surface area contributed by atoms with Gasteiger partial charge in [-0.3, -0.25) is 37.9 Å². The molecule has 4 heterocycles. The standard InChI is InChI=1S/4C11H11N3O.2CNS.Ni/c4*15-11(10-4-2-1-3-5-10)6-7-14-9-12-8-13-14;2*2-1-3;/h4*1-5,8-9H,6-7H2;;;/q;;;;2*-1;+2. The Morgan fingerprint density at radius 2 is 0.567 bits per heavy atom. The van der Waals surface area contributed by atoms with Crippen LogP contribution in [0.4, 0.5) is 0 Å². The van der Waals surface area contributed by atoms with Gasteiger partial charge in [-0.1, -0.05) is 146 Å². The largest absolute Gasteiger partial charge is 2.00 e. The van der Waals surface area contributed by atoms with Crippen molar-refractivity contribution in [2.24, 2.45) is 0 Å². The maximum atomic E-state index is 11.7. The van der Waals surface area contributed by atoms with Crippen molar-refractivity contribution in [3.63, 3.8) is 0 Å². The van der Waals surface area contributed by atoms with E-state index in [0.717, 1.165) is 22.3 Å². The van der Waals surface area contributed by atoms with Crippen LogP contribution in [0.3, 0.4) is 0 Å².